The van der Waals surface area contributed by atoms with Crippen LogP contribution in [0.5, 0.6) is 0 Å². The van der Waals surface area contributed by atoms with E-state index in [0.29, 0.717) is 28.1 Å². The fraction of sp³-hybridized carbons (Fsp3) is 0.150. The number of benzene rings is 1. The SMILES string of the molecule is COC(=O)c1cc(C)nc2nc(SCc3cc(-c4ccccc4)on3)[nH]c(=O)c12. The molecule has 0 aliphatic rings. The number of aromatic nitrogens is 4. The quantitative estimate of drug-likeness (QED) is 0.304. The highest BCUT2D eigenvalue weighted by Crippen LogP contribution is 2.24. The van der Waals surface area contributed by atoms with E-state index < -0.39 is 11.5 Å². The van der Waals surface area contributed by atoms with Crippen molar-refractivity contribution in [2.45, 2.75) is 17.8 Å². The number of carbonyl (C=O) groups excluding carboxylic acids is 1. The number of ether oxygens (including phenoxy) is 1. The van der Waals surface area contributed by atoms with Gasteiger partial charge in [-0.25, -0.2) is 14.8 Å². The van der Waals surface area contributed by atoms with E-state index >= 15 is 0 Å². The fourth-order valence-electron chi connectivity index (χ4n) is 2.85. The zero-order valence-electron chi connectivity index (χ0n) is 15.6. The third kappa shape index (κ3) is 3.90. The number of nitrogens with zero attached hydrogens (tertiary/aromatic N) is 3. The van der Waals surface area contributed by atoms with E-state index in [1.807, 2.05) is 36.4 Å². The lowest BCUT2D eigenvalue weighted by Crippen LogP contribution is -2.16. The van der Waals surface area contributed by atoms with Crippen LogP contribution in [0, 0.1) is 6.92 Å². The van der Waals surface area contributed by atoms with Crippen LogP contribution in [0.2, 0.25) is 0 Å². The van der Waals surface area contributed by atoms with Crippen molar-refractivity contribution in [3.8, 4) is 11.3 Å². The molecule has 8 nitrogen and oxygen atoms in total. The van der Waals surface area contributed by atoms with Crippen molar-refractivity contribution in [3.63, 3.8) is 0 Å². The number of nitrogens with one attached hydrogen (secondary N) is 1. The molecule has 0 spiro atoms. The molecule has 4 rings (SSSR count). The molecule has 0 amide bonds. The minimum Gasteiger partial charge on any atom is -0.465 e. The fourth-order valence-corrected chi connectivity index (χ4v) is 3.58. The number of thioether (sulfide) groups is 1. The molecule has 0 fully saturated rings. The van der Waals surface area contributed by atoms with E-state index in [0.717, 1.165) is 5.56 Å². The van der Waals surface area contributed by atoms with Crippen LogP contribution in [-0.2, 0) is 10.5 Å². The number of hydrogen-bond acceptors (Lipinski definition) is 8. The number of aromatic amines is 1. The lowest BCUT2D eigenvalue weighted by atomic mass is 10.1. The first-order valence-corrected chi connectivity index (χ1v) is 9.67. The highest BCUT2D eigenvalue weighted by molar-refractivity contribution is 7.98. The largest absolute Gasteiger partial charge is 0.465 e. The van der Waals surface area contributed by atoms with Gasteiger partial charge in [0.1, 0.15) is 0 Å². The van der Waals surface area contributed by atoms with Gasteiger partial charge in [0, 0.05) is 23.1 Å². The molecule has 0 saturated heterocycles. The van der Waals surface area contributed by atoms with Crippen LogP contribution in [0.25, 0.3) is 22.4 Å². The van der Waals surface area contributed by atoms with Crippen LogP contribution in [0.15, 0.2) is 56.9 Å². The van der Waals surface area contributed by atoms with Gasteiger partial charge in [-0.2, -0.15) is 0 Å². The lowest BCUT2D eigenvalue weighted by molar-refractivity contribution is 0.0602. The van der Waals surface area contributed by atoms with Crippen LogP contribution in [-0.4, -0.2) is 33.2 Å². The first-order chi connectivity index (χ1) is 14.0. The Hall–Kier alpha value is -3.46. The van der Waals surface area contributed by atoms with E-state index in [1.54, 1.807) is 6.92 Å². The predicted molar refractivity (Wildman–Crippen MR) is 108 cm³/mol. The lowest BCUT2D eigenvalue weighted by Gasteiger charge is -2.06. The predicted octanol–water partition coefficient (Wildman–Crippen LogP) is 3.36. The van der Waals surface area contributed by atoms with Crippen LogP contribution in [0.3, 0.4) is 0 Å². The number of H-pyrrole nitrogens is 1. The minimum atomic E-state index is -0.607. The molecule has 0 radical (unpaired) electrons. The molecule has 1 N–H and O–H groups in total. The molecule has 4 aromatic rings. The summed E-state index contributed by atoms with van der Waals surface area (Å²) in [6, 6.07) is 13.0. The average molecular weight is 408 g/mol. The van der Waals surface area contributed by atoms with Crippen LogP contribution in [0.4, 0.5) is 0 Å². The maximum Gasteiger partial charge on any atom is 0.338 e. The first-order valence-electron chi connectivity index (χ1n) is 8.69. The highest BCUT2D eigenvalue weighted by atomic mass is 32.2. The molecule has 0 aliphatic carbocycles. The first kappa shape index (κ1) is 18.9. The van der Waals surface area contributed by atoms with E-state index in [2.05, 4.69) is 20.1 Å². The summed E-state index contributed by atoms with van der Waals surface area (Å²) in [5.41, 5.74) is 2.10. The zero-order chi connectivity index (χ0) is 20.4. The van der Waals surface area contributed by atoms with Crippen molar-refractivity contribution < 1.29 is 14.1 Å². The standard InChI is InChI=1S/C20H16N4O4S/c1-11-8-14(19(26)27-2)16-17(21-11)22-20(23-18(16)25)29-10-13-9-15(28-24-13)12-6-4-3-5-7-12/h3-9H,10H2,1-2H3,(H,21,22,23,25). The Morgan fingerprint density at radius 3 is 2.76 bits per heavy atom. The molecule has 3 heterocycles. The van der Waals surface area contributed by atoms with Crippen LogP contribution < -0.4 is 5.56 Å². The molecule has 29 heavy (non-hydrogen) atoms. The monoisotopic (exact) mass is 408 g/mol. The maximum atomic E-state index is 12.6. The number of rotatable bonds is 5. The number of aryl methyl sites for hydroxylation is 1. The molecule has 0 aliphatic heterocycles. The third-order valence-corrected chi connectivity index (χ3v) is 5.07. The van der Waals surface area contributed by atoms with Gasteiger partial charge in [0.05, 0.1) is 23.8 Å². The molecular weight excluding hydrogens is 392 g/mol. The Kier molecular flexibility index (Phi) is 5.13. The Morgan fingerprint density at radius 2 is 2.00 bits per heavy atom. The third-order valence-electron chi connectivity index (χ3n) is 4.16. The second-order valence-corrected chi connectivity index (χ2v) is 7.17. The van der Waals surface area contributed by atoms with Crippen molar-refractivity contribution >= 4 is 28.8 Å². The van der Waals surface area contributed by atoms with E-state index in [4.69, 9.17) is 9.26 Å². The summed E-state index contributed by atoms with van der Waals surface area (Å²) in [7, 11) is 1.26. The Bertz CT molecular complexity index is 1250. The zero-order valence-corrected chi connectivity index (χ0v) is 16.4. The second-order valence-electron chi connectivity index (χ2n) is 6.21. The van der Waals surface area contributed by atoms with Gasteiger partial charge in [-0.15, -0.1) is 0 Å². The van der Waals surface area contributed by atoms with E-state index in [9.17, 15) is 9.59 Å². The highest BCUT2D eigenvalue weighted by Gasteiger charge is 2.18. The van der Waals surface area contributed by atoms with Crippen molar-refractivity contribution in [2.24, 2.45) is 0 Å². The molecule has 1 aromatic carbocycles. The summed E-state index contributed by atoms with van der Waals surface area (Å²) < 4.78 is 10.1. The Labute approximate surface area is 169 Å². The maximum absolute atomic E-state index is 12.6. The van der Waals surface area contributed by atoms with Gasteiger partial charge in [0.15, 0.2) is 16.6 Å². The summed E-state index contributed by atoms with van der Waals surface area (Å²) in [4.78, 5) is 35.9. The van der Waals surface area contributed by atoms with Gasteiger partial charge < -0.3 is 14.2 Å². The molecule has 0 saturated carbocycles. The summed E-state index contributed by atoms with van der Waals surface area (Å²) in [6.45, 7) is 1.72. The normalized spacial score (nSPS) is 11.0. The van der Waals surface area contributed by atoms with Gasteiger partial charge in [-0.05, 0) is 13.0 Å². The number of esters is 1. The van der Waals surface area contributed by atoms with Crippen molar-refractivity contribution in [2.75, 3.05) is 7.11 Å². The van der Waals surface area contributed by atoms with Crippen molar-refractivity contribution in [3.05, 3.63) is 69.8 Å². The second kappa shape index (κ2) is 7.88. The van der Waals surface area contributed by atoms with Gasteiger partial charge in [0.25, 0.3) is 5.56 Å². The Balaban J connectivity index is 1.60. The molecule has 0 unspecified atom stereocenters. The Morgan fingerprint density at radius 1 is 1.21 bits per heavy atom. The molecule has 9 heteroatoms. The van der Waals surface area contributed by atoms with E-state index in [-0.39, 0.29) is 16.6 Å². The molecule has 146 valence electrons. The average Bonchev–Trinajstić information content (AvgIpc) is 3.20. The molecular formula is C20H16N4O4S. The molecule has 3 aromatic heterocycles. The van der Waals surface area contributed by atoms with Gasteiger partial charge in [-0.1, -0.05) is 47.3 Å². The summed E-state index contributed by atoms with van der Waals surface area (Å²) in [6.07, 6.45) is 0. The number of carbonyl (C=O) groups is 1. The summed E-state index contributed by atoms with van der Waals surface area (Å²) in [5, 5.41) is 4.55. The molecule has 0 atom stereocenters. The summed E-state index contributed by atoms with van der Waals surface area (Å²) >= 11 is 1.29. The number of methoxy groups -OCH3 is 1. The number of pyridine rings is 1. The van der Waals surface area contributed by atoms with Gasteiger partial charge in [0.2, 0.25) is 0 Å². The van der Waals surface area contributed by atoms with Crippen molar-refractivity contribution in [1.82, 2.24) is 20.1 Å². The topological polar surface area (TPSA) is 111 Å². The minimum absolute atomic E-state index is 0.111. The van der Waals surface area contributed by atoms with Gasteiger partial charge in [-0.3, -0.25) is 4.79 Å². The van der Waals surface area contributed by atoms with Crippen LogP contribution >= 0.6 is 11.8 Å². The summed E-state index contributed by atoms with van der Waals surface area (Å²) in [5.74, 6) is 0.505. The van der Waals surface area contributed by atoms with Crippen LogP contribution in [0.1, 0.15) is 21.7 Å². The number of hydrogen-bond donors (Lipinski definition) is 1. The molecule has 0 bridgehead atoms. The van der Waals surface area contributed by atoms with Crippen molar-refractivity contribution in [1.29, 1.82) is 0 Å². The number of fused-ring (bicyclic) bond motifs is 1. The van der Waals surface area contributed by atoms with Gasteiger partial charge >= 0.3 is 5.97 Å². The van der Waals surface area contributed by atoms with E-state index in [1.165, 1.54) is 24.9 Å². The smallest absolute Gasteiger partial charge is 0.338 e.